The van der Waals surface area contributed by atoms with E-state index in [0.717, 1.165) is 126 Å². The number of anilines is 4. The number of ketones is 1. The van der Waals surface area contributed by atoms with Crippen LogP contribution in [0.25, 0.3) is 22.3 Å². The zero-order valence-corrected chi connectivity index (χ0v) is 42.7. The van der Waals surface area contributed by atoms with Crippen LogP contribution in [0.2, 0.25) is 0 Å². The molecule has 0 unspecified atom stereocenters. The first-order valence-electron chi connectivity index (χ1n) is 25.4. The van der Waals surface area contributed by atoms with Crippen LogP contribution in [0.15, 0.2) is 123 Å². The van der Waals surface area contributed by atoms with E-state index >= 15 is 0 Å². The van der Waals surface area contributed by atoms with Gasteiger partial charge in [0.15, 0.2) is 22.9 Å². The molecule has 12 rings (SSSR count). The lowest BCUT2D eigenvalue weighted by molar-refractivity contribution is -0.121. The summed E-state index contributed by atoms with van der Waals surface area (Å²) >= 11 is 0. The predicted molar refractivity (Wildman–Crippen MR) is 287 cm³/mol. The van der Waals surface area contributed by atoms with Gasteiger partial charge in [0.1, 0.15) is 65.1 Å². The molecule has 0 radical (unpaired) electrons. The van der Waals surface area contributed by atoms with Crippen LogP contribution in [0.4, 0.5) is 23.0 Å². The van der Waals surface area contributed by atoms with Crippen LogP contribution in [-0.4, -0.2) is 119 Å². The summed E-state index contributed by atoms with van der Waals surface area (Å²) in [7, 11) is 0. The standard InChI is InChI=1S/C27H31N9O.C25H24N8O2.C2H7N/c1-3-28-21-7-10-34(11-8-21)16-20-6-12-36-26(20)27(30-18-32-36)33-22-4-5-24(19(2)14-22)37-23-9-13-35-25(15-23)29-17-31-35;1-17-12-19(2-3-22(17)35-21-7-11-32-23(13-21)26-15-28-32)30-25-24-18(4-10-33(24)29-16-27-25)14-31-8-5-20(34)6-9-31;1-2-3/h4-6,9,12-15,17-18,21,28H,3,7-8,10-11,16H2,1-2H3,(H,30,32,33);2-4,7,10-13,15-16H,5-6,8-9,14H2,1H3,(H,27,29,30);2-3H2,1H3. The van der Waals surface area contributed by atoms with E-state index in [-0.39, 0.29) is 0 Å². The number of Topliss-reactive ketones (excluding diaryl/α,β-unsaturated/α-hetero) is 1. The number of aromatic nitrogens is 12. The molecule has 2 aliphatic rings. The number of aryl methyl sites for hydroxylation is 2. The van der Waals surface area contributed by atoms with Crippen LogP contribution in [-0.2, 0) is 17.9 Å². The maximum Gasteiger partial charge on any atom is 0.158 e. The molecule has 2 aromatic carbocycles. The molecule has 0 amide bonds. The molecule has 0 spiro atoms. The van der Waals surface area contributed by atoms with Crippen molar-refractivity contribution in [3.63, 3.8) is 0 Å². The molecule has 0 atom stereocenters. The number of carbonyl (C=O) groups excluding carboxylic acids is 1. The fraction of sp³-hybridized carbons (Fsp3) is 0.315. The average Bonchev–Trinajstić information content (AvgIpc) is 4.26. The maximum atomic E-state index is 11.6. The van der Waals surface area contributed by atoms with Gasteiger partial charge >= 0.3 is 0 Å². The molecule has 2 fully saturated rings. The number of fused-ring (bicyclic) bond motifs is 4. The van der Waals surface area contributed by atoms with Gasteiger partial charge in [-0.3, -0.25) is 14.6 Å². The largest absolute Gasteiger partial charge is 0.457 e. The Kier molecular flexibility index (Phi) is 15.5. The molecule has 10 heterocycles. The van der Waals surface area contributed by atoms with Gasteiger partial charge < -0.3 is 31.2 Å². The van der Waals surface area contributed by atoms with E-state index in [1.54, 1.807) is 21.7 Å². The Balaban J connectivity index is 0.000000163. The fourth-order valence-electron chi connectivity index (χ4n) is 9.43. The SMILES string of the molecule is CCN.CCNC1CCN(Cc2ccn3ncnc(Nc4ccc(Oc5ccn6ncnc6c5)c(C)c4)c23)CC1.Cc1cc(Nc2ncnn3ccc(CN4CCC(=O)CC4)c23)ccc1Oc1ccn2ncnc2c1. The molecule has 0 aliphatic carbocycles. The molecule has 75 heavy (non-hydrogen) atoms. The Morgan fingerprint density at radius 3 is 1.48 bits per heavy atom. The summed E-state index contributed by atoms with van der Waals surface area (Å²) in [5, 5.41) is 27.6. The maximum absolute atomic E-state index is 11.6. The Morgan fingerprint density at radius 1 is 0.573 bits per heavy atom. The van der Waals surface area contributed by atoms with Crippen LogP contribution in [0.1, 0.15) is 61.8 Å². The smallest absolute Gasteiger partial charge is 0.158 e. The third kappa shape index (κ3) is 12.0. The Morgan fingerprint density at radius 2 is 1.01 bits per heavy atom. The highest BCUT2D eigenvalue weighted by Crippen LogP contribution is 2.33. The number of pyridine rings is 2. The van der Waals surface area contributed by atoms with Crippen molar-refractivity contribution in [1.82, 2.24) is 73.5 Å². The zero-order valence-electron chi connectivity index (χ0n) is 42.7. The van der Waals surface area contributed by atoms with E-state index in [1.165, 1.54) is 31.1 Å². The third-order valence-electron chi connectivity index (χ3n) is 13.2. The van der Waals surface area contributed by atoms with Crippen molar-refractivity contribution in [3.05, 3.63) is 145 Å². The van der Waals surface area contributed by atoms with Crippen LogP contribution in [0.5, 0.6) is 23.0 Å². The van der Waals surface area contributed by atoms with Gasteiger partial charge in [-0.05, 0) is 136 Å². The second kappa shape index (κ2) is 23.2. The molecular formula is C54H62N18O3. The normalized spacial score (nSPS) is 14.4. The Labute approximate surface area is 433 Å². The third-order valence-corrected chi connectivity index (χ3v) is 13.2. The molecule has 386 valence electrons. The minimum Gasteiger partial charge on any atom is -0.457 e. The first kappa shape index (κ1) is 50.2. The highest BCUT2D eigenvalue weighted by Gasteiger charge is 2.22. The van der Waals surface area contributed by atoms with Crippen molar-refractivity contribution in [2.45, 2.75) is 72.5 Å². The van der Waals surface area contributed by atoms with Gasteiger partial charge in [-0.15, -0.1) is 0 Å². The molecule has 0 saturated carbocycles. The summed E-state index contributed by atoms with van der Waals surface area (Å²) in [6, 6.07) is 24.3. The average molecular weight is 1010 g/mol. The highest BCUT2D eigenvalue weighted by atomic mass is 16.5. The number of hydrogen-bond acceptors (Lipinski definition) is 17. The second-order valence-electron chi connectivity index (χ2n) is 18.6. The lowest BCUT2D eigenvalue weighted by Gasteiger charge is -2.32. The summed E-state index contributed by atoms with van der Waals surface area (Å²) in [6.07, 6.45) is 17.4. The molecule has 2 aliphatic heterocycles. The van der Waals surface area contributed by atoms with Gasteiger partial charge in [-0.25, -0.2) is 38.0 Å². The lowest BCUT2D eigenvalue weighted by atomic mass is 10.0. The van der Waals surface area contributed by atoms with Gasteiger partial charge in [0.05, 0.1) is 0 Å². The topological polar surface area (TPSA) is 225 Å². The number of rotatable bonds is 14. The van der Waals surface area contributed by atoms with Crippen LogP contribution in [0.3, 0.4) is 0 Å². The first-order valence-corrected chi connectivity index (χ1v) is 25.4. The van der Waals surface area contributed by atoms with Gasteiger partial charge in [0.25, 0.3) is 0 Å². The minimum absolute atomic E-state index is 0.343. The lowest BCUT2D eigenvalue weighted by Crippen LogP contribution is -2.42. The van der Waals surface area contributed by atoms with Gasteiger partial charge in [0.2, 0.25) is 0 Å². The van der Waals surface area contributed by atoms with E-state index in [1.807, 2.05) is 109 Å². The molecule has 2 saturated heterocycles. The first-order chi connectivity index (χ1) is 36.7. The molecule has 21 nitrogen and oxygen atoms in total. The van der Waals surface area contributed by atoms with Crippen LogP contribution >= 0.6 is 0 Å². The predicted octanol–water partition coefficient (Wildman–Crippen LogP) is 7.94. The van der Waals surface area contributed by atoms with Gasteiger partial charge in [-0.2, -0.15) is 20.4 Å². The van der Waals surface area contributed by atoms with E-state index < -0.39 is 0 Å². The quantitative estimate of drug-likeness (QED) is 0.0811. The molecule has 10 aromatic rings. The Bertz CT molecular complexity index is 3530. The van der Waals surface area contributed by atoms with Crippen molar-refractivity contribution in [2.24, 2.45) is 5.73 Å². The van der Waals surface area contributed by atoms with Crippen molar-refractivity contribution in [1.29, 1.82) is 0 Å². The van der Waals surface area contributed by atoms with Crippen molar-refractivity contribution >= 4 is 51.1 Å². The summed E-state index contributed by atoms with van der Waals surface area (Å²) in [4.78, 5) is 34.0. The fourth-order valence-corrected chi connectivity index (χ4v) is 9.43. The van der Waals surface area contributed by atoms with Crippen molar-refractivity contribution in [2.75, 3.05) is 49.9 Å². The molecule has 0 bridgehead atoms. The van der Waals surface area contributed by atoms with E-state index in [0.29, 0.717) is 36.2 Å². The zero-order chi connectivity index (χ0) is 51.7. The number of hydrogen-bond donors (Lipinski definition) is 4. The number of piperidine rings is 2. The second-order valence-corrected chi connectivity index (χ2v) is 18.6. The molecular weight excluding hydrogens is 949 g/mol. The number of ether oxygens (including phenoxy) is 2. The number of nitrogens with one attached hydrogen (secondary N) is 3. The molecule has 5 N–H and O–H groups in total. The van der Waals surface area contributed by atoms with Crippen molar-refractivity contribution < 1.29 is 14.3 Å². The monoisotopic (exact) mass is 1010 g/mol. The molecule has 21 heteroatoms. The van der Waals surface area contributed by atoms with E-state index in [4.69, 9.17) is 15.2 Å². The van der Waals surface area contributed by atoms with E-state index in [9.17, 15) is 4.79 Å². The summed E-state index contributed by atoms with van der Waals surface area (Å²) < 4.78 is 19.4. The van der Waals surface area contributed by atoms with Crippen LogP contribution in [0, 0.1) is 13.8 Å². The number of nitrogens with two attached hydrogens (primary N) is 1. The Hall–Kier alpha value is -8.37. The number of likely N-dealkylation sites (tertiary alicyclic amines) is 2. The van der Waals surface area contributed by atoms with Gasteiger partial charge in [-0.1, -0.05) is 13.8 Å². The van der Waals surface area contributed by atoms with Gasteiger partial charge in [0, 0.05) is 93.4 Å². The molecule has 8 aromatic heterocycles. The summed E-state index contributed by atoms with van der Waals surface area (Å²) in [5.41, 5.74) is 14.5. The van der Waals surface area contributed by atoms with Crippen molar-refractivity contribution in [3.8, 4) is 23.0 Å². The highest BCUT2D eigenvalue weighted by molar-refractivity contribution is 5.80. The summed E-state index contributed by atoms with van der Waals surface area (Å²) in [5.74, 6) is 4.83. The number of carbonyl (C=O) groups is 1. The summed E-state index contributed by atoms with van der Waals surface area (Å²) in [6.45, 7) is 15.3. The minimum atomic E-state index is 0.343. The van der Waals surface area contributed by atoms with E-state index in [2.05, 4.69) is 91.2 Å². The number of benzene rings is 2. The van der Waals surface area contributed by atoms with Crippen LogP contribution < -0.4 is 31.2 Å². The number of nitrogens with zero attached hydrogens (tertiary/aromatic N) is 14.